The van der Waals surface area contributed by atoms with E-state index in [1.165, 1.54) is 0 Å². The number of piperazine rings is 1. The number of aromatic nitrogens is 2. The number of nitrogens with zero attached hydrogens (tertiary/aromatic N) is 4. The average Bonchev–Trinajstić information content (AvgIpc) is 2.74. The molecule has 0 spiro atoms. The highest BCUT2D eigenvalue weighted by atomic mass is 35.5. The smallest absolute Gasteiger partial charge is 0.254 e. The van der Waals surface area contributed by atoms with Gasteiger partial charge in [-0.15, -0.1) is 0 Å². The number of amides is 2. The van der Waals surface area contributed by atoms with E-state index in [1.807, 2.05) is 6.07 Å². The molecule has 0 aliphatic carbocycles. The van der Waals surface area contributed by atoms with Crippen molar-refractivity contribution in [2.75, 3.05) is 37.7 Å². The van der Waals surface area contributed by atoms with Gasteiger partial charge in [0.15, 0.2) is 6.10 Å². The predicted molar refractivity (Wildman–Crippen MR) is 103 cm³/mol. The minimum Gasteiger partial charge on any atom is -0.356 e. The quantitative estimate of drug-likeness (QED) is 0.826. The molecule has 0 saturated carbocycles. The molecular formula is C19H20ClN5O3. The van der Waals surface area contributed by atoms with E-state index in [0.717, 1.165) is 5.82 Å². The summed E-state index contributed by atoms with van der Waals surface area (Å²) in [5, 5.41) is 3.34. The van der Waals surface area contributed by atoms with Crippen LogP contribution in [-0.2, 0) is 14.3 Å². The van der Waals surface area contributed by atoms with Crippen molar-refractivity contribution in [1.82, 2.24) is 20.2 Å². The van der Waals surface area contributed by atoms with Crippen molar-refractivity contribution in [3.05, 3.63) is 53.4 Å². The normalized spacial score (nSPS) is 22.7. The summed E-state index contributed by atoms with van der Waals surface area (Å²) in [6, 6.07) is 6.55. The molecular weight excluding hydrogens is 382 g/mol. The number of halogens is 1. The maximum atomic E-state index is 13.2. The number of nitrogens with one attached hydrogen (secondary N) is 1. The molecule has 2 amide bonds. The van der Waals surface area contributed by atoms with Crippen LogP contribution < -0.4 is 10.2 Å². The molecule has 4 rings (SSSR count). The number of benzene rings is 1. The van der Waals surface area contributed by atoms with Gasteiger partial charge < -0.3 is 19.9 Å². The summed E-state index contributed by atoms with van der Waals surface area (Å²) < 4.78 is 5.64. The van der Waals surface area contributed by atoms with Gasteiger partial charge in [-0.2, -0.15) is 0 Å². The molecule has 1 aromatic heterocycles. The number of ether oxygens (including phenoxy) is 1. The Bertz CT molecular complexity index is 858. The largest absolute Gasteiger partial charge is 0.356 e. The van der Waals surface area contributed by atoms with Crippen LogP contribution >= 0.6 is 11.6 Å². The van der Waals surface area contributed by atoms with Gasteiger partial charge in [-0.25, -0.2) is 4.98 Å². The summed E-state index contributed by atoms with van der Waals surface area (Å²) in [4.78, 5) is 37.3. The van der Waals surface area contributed by atoms with Gasteiger partial charge in [-0.05, 0) is 11.6 Å². The number of rotatable bonds is 3. The van der Waals surface area contributed by atoms with Crippen molar-refractivity contribution in [3.8, 4) is 0 Å². The lowest BCUT2D eigenvalue weighted by Crippen LogP contribution is -2.57. The zero-order valence-electron chi connectivity index (χ0n) is 15.1. The summed E-state index contributed by atoms with van der Waals surface area (Å²) in [6.45, 7) is 2.24. The van der Waals surface area contributed by atoms with Crippen LogP contribution in [0.25, 0.3) is 0 Å². The van der Waals surface area contributed by atoms with E-state index in [4.69, 9.17) is 16.3 Å². The fourth-order valence-corrected chi connectivity index (χ4v) is 3.78. The van der Waals surface area contributed by atoms with Crippen molar-refractivity contribution >= 4 is 29.2 Å². The lowest BCUT2D eigenvalue weighted by atomic mass is 9.98. The number of hydrogen-bond acceptors (Lipinski definition) is 6. The first kappa shape index (κ1) is 18.6. The Morgan fingerprint density at radius 3 is 2.68 bits per heavy atom. The first-order valence-electron chi connectivity index (χ1n) is 9.08. The molecule has 146 valence electrons. The molecule has 3 heterocycles. The van der Waals surface area contributed by atoms with Crippen molar-refractivity contribution in [3.63, 3.8) is 0 Å². The first-order valence-corrected chi connectivity index (χ1v) is 9.46. The summed E-state index contributed by atoms with van der Waals surface area (Å²) >= 11 is 6.30. The van der Waals surface area contributed by atoms with Crippen LogP contribution in [0.5, 0.6) is 0 Å². The second kappa shape index (κ2) is 8.12. The van der Waals surface area contributed by atoms with Crippen molar-refractivity contribution in [1.29, 1.82) is 0 Å². The van der Waals surface area contributed by atoms with Gasteiger partial charge in [0.05, 0.1) is 12.2 Å². The van der Waals surface area contributed by atoms with E-state index in [2.05, 4.69) is 20.2 Å². The van der Waals surface area contributed by atoms with Gasteiger partial charge in [-0.1, -0.05) is 29.8 Å². The maximum absolute atomic E-state index is 13.2. The highest BCUT2D eigenvalue weighted by Gasteiger charge is 2.39. The molecule has 2 aromatic rings. The van der Waals surface area contributed by atoms with Gasteiger partial charge in [0, 0.05) is 43.6 Å². The Balaban J connectivity index is 1.47. The minimum atomic E-state index is -0.805. The van der Waals surface area contributed by atoms with Gasteiger partial charge in [-0.3, -0.25) is 14.6 Å². The molecule has 2 aliphatic rings. The Labute approximate surface area is 167 Å². The van der Waals surface area contributed by atoms with Crippen molar-refractivity contribution in [2.24, 2.45) is 0 Å². The number of hydrogen-bond donors (Lipinski definition) is 1. The van der Waals surface area contributed by atoms with E-state index >= 15 is 0 Å². The van der Waals surface area contributed by atoms with Crippen LogP contribution in [0.15, 0.2) is 42.9 Å². The van der Waals surface area contributed by atoms with Crippen molar-refractivity contribution in [2.45, 2.75) is 12.1 Å². The summed E-state index contributed by atoms with van der Waals surface area (Å²) in [5.74, 6) is 0.384. The van der Waals surface area contributed by atoms with E-state index in [0.29, 0.717) is 36.8 Å². The second-order valence-corrected chi connectivity index (χ2v) is 7.08. The molecule has 28 heavy (non-hydrogen) atoms. The Kier molecular flexibility index (Phi) is 5.40. The predicted octanol–water partition coefficient (Wildman–Crippen LogP) is 1.03. The maximum Gasteiger partial charge on any atom is 0.254 e. The third-order valence-corrected chi connectivity index (χ3v) is 5.31. The topological polar surface area (TPSA) is 87.7 Å². The van der Waals surface area contributed by atoms with Gasteiger partial charge in [0.2, 0.25) is 5.91 Å². The van der Waals surface area contributed by atoms with E-state index < -0.39 is 12.1 Å². The van der Waals surface area contributed by atoms with Gasteiger partial charge in [0.1, 0.15) is 12.4 Å². The average molecular weight is 402 g/mol. The fraction of sp³-hybridized carbons (Fsp3) is 0.368. The molecule has 8 nitrogen and oxygen atoms in total. The summed E-state index contributed by atoms with van der Waals surface area (Å²) in [7, 11) is 0. The molecule has 1 N–H and O–H groups in total. The number of carbonyl (C=O) groups is 2. The molecule has 0 bridgehead atoms. The van der Waals surface area contributed by atoms with Crippen LogP contribution in [0.4, 0.5) is 5.82 Å². The molecule has 2 aliphatic heterocycles. The van der Waals surface area contributed by atoms with Crippen LogP contribution in [0.2, 0.25) is 5.02 Å². The first-order chi connectivity index (χ1) is 13.6. The zero-order valence-corrected chi connectivity index (χ0v) is 15.9. The zero-order chi connectivity index (χ0) is 19.5. The lowest BCUT2D eigenvalue weighted by Gasteiger charge is -2.39. The number of carbonyl (C=O) groups excluding carboxylic acids is 2. The van der Waals surface area contributed by atoms with E-state index in [9.17, 15) is 9.59 Å². The van der Waals surface area contributed by atoms with Gasteiger partial charge in [0.25, 0.3) is 5.91 Å². The molecule has 0 unspecified atom stereocenters. The van der Waals surface area contributed by atoms with Crippen LogP contribution in [0, 0.1) is 0 Å². The molecule has 9 heteroatoms. The lowest BCUT2D eigenvalue weighted by molar-refractivity contribution is -0.155. The van der Waals surface area contributed by atoms with Crippen LogP contribution in [0.1, 0.15) is 11.6 Å². The minimum absolute atomic E-state index is 0.142. The summed E-state index contributed by atoms with van der Waals surface area (Å²) in [6.07, 6.45) is 4.19. The highest BCUT2D eigenvalue weighted by Crippen LogP contribution is 2.29. The number of morpholine rings is 1. The molecule has 2 fully saturated rings. The Hall–Kier alpha value is -2.71. The van der Waals surface area contributed by atoms with Crippen molar-refractivity contribution < 1.29 is 14.3 Å². The number of anilines is 1. The van der Waals surface area contributed by atoms with Gasteiger partial charge >= 0.3 is 0 Å². The standard InChI is InChI=1S/C19H20ClN5O3/c20-14-4-2-1-3-13(14)17-18(28-12-16(26)23-17)19(27)25-9-7-24(8-10-25)15-11-21-5-6-22-15/h1-6,11,17-18H,7-10,12H2,(H,23,26)/t17-,18+/m1/s1. The van der Waals surface area contributed by atoms with E-state index in [-0.39, 0.29) is 18.4 Å². The Morgan fingerprint density at radius 2 is 1.96 bits per heavy atom. The van der Waals surface area contributed by atoms with E-state index in [1.54, 1.807) is 41.7 Å². The molecule has 0 radical (unpaired) electrons. The monoisotopic (exact) mass is 401 g/mol. The molecule has 2 atom stereocenters. The highest BCUT2D eigenvalue weighted by molar-refractivity contribution is 6.31. The van der Waals surface area contributed by atoms with Crippen LogP contribution in [0.3, 0.4) is 0 Å². The fourth-order valence-electron chi connectivity index (χ4n) is 3.52. The van der Waals surface area contributed by atoms with Crippen LogP contribution in [-0.4, -0.2) is 65.6 Å². The Morgan fingerprint density at radius 1 is 1.18 bits per heavy atom. The SMILES string of the molecule is O=C1CO[C@H](C(=O)N2CCN(c3cnccn3)CC2)[C@@H](c2ccccc2Cl)N1. The third-order valence-electron chi connectivity index (χ3n) is 4.96. The summed E-state index contributed by atoms with van der Waals surface area (Å²) in [5.41, 5.74) is 0.675. The second-order valence-electron chi connectivity index (χ2n) is 6.67. The third kappa shape index (κ3) is 3.79. The molecule has 1 aromatic carbocycles. The molecule has 2 saturated heterocycles.